The van der Waals surface area contributed by atoms with Crippen molar-refractivity contribution in [3.05, 3.63) is 0 Å². The first-order valence-corrected chi connectivity index (χ1v) is 5.85. The summed E-state index contributed by atoms with van der Waals surface area (Å²) in [5.74, 6) is 0. The number of hydrogen-bond donors (Lipinski definition) is 2. The number of rotatable bonds is 7. The van der Waals surface area contributed by atoms with Gasteiger partial charge in [0.25, 0.3) is 0 Å². The van der Waals surface area contributed by atoms with E-state index in [0.717, 1.165) is 6.54 Å². The topological polar surface area (TPSA) is 44.7 Å². The molecule has 2 atom stereocenters. The number of ether oxygens (including phenoxy) is 1. The van der Waals surface area contributed by atoms with Crippen LogP contribution in [0.4, 0.5) is 0 Å². The third-order valence-corrected chi connectivity index (χ3v) is 2.79. The van der Waals surface area contributed by atoms with Crippen molar-refractivity contribution in [2.45, 2.75) is 31.9 Å². The van der Waals surface area contributed by atoms with Crippen molar-refractivity contribution in [1.29, 1.82) is 0 Å². The molecular formula is C11H24N2O2. The molecule has 0 aliphatic carbocycles. The first-order valence-electron chi connectivity index (χ1n) is 5.85. The van der Waals surface area contributed by atoms with Gasteiger partial charge >= 0.3 is 0 Å². The standard InChI is InChI=1S/C11H24N2O2/c1-10(8-13-5-3-4-6-13)12-7-11(14)9-15-2/h10-12,14H,3-9H2,1-2H3. The molecule has 0 aromatic carbocycles. The highest BCUT2D eigenvalue weighted by atomic mass is 16.5. The molecular weight excluding hydrogens is 192 g/mol. The summed E-state index contributed by atoms with van der Waals surface area (Å²) in [6.45, 7) is 6.73. The molecule has 15 heavy (non-hydrogen) atoms. The third kappa shape index (κ3) is 5.47. The molecule has 1 heterocycles. The number of methoxy groups -OCH3 is 1. The molecule has 1 aliphatic rings. The summed E-state index contributed by atoms with van der Waals surface area (Å²) in [6, 6.07) is 0.439. The molecule has 2 unspecified atom stereocenters. The van der Waals surface area contributed by atoms with Gasteiger partial charge in [-0.2, -0.15) is 0 Å². The molecule has 0 spiro atoms. The average molecular weight is 216 g/mol. The van der Waals surface area contributed by atoms with Gasteiger partial charge in [0.2, 0.25) is 0 Å². The van der Waals surface area contributed by atoms with Gasteiger partial charge < -0.3 is 20.1 Å². The molecule has 0 bridgehead atoms. The van der Waals surface area contributed by atoms with E-state index in [0.29, 0.717) is 19.2 Å². The monoisotopic (exact) mass is 216 g/mol. The van der Waals surface area contributed by atoms with Gasteiger partial charge in [0, 0.05) is 26.2 Å². The van der Waals surface area contributed by atoms with Gasteiger partial charge in [-0.3, -0.25) is 0 Å². The summed E-state index contributed by atoms with van der Waals surface area (Å²) in [4.78, 5) is 2.47. The van der Waals surface area contributed by atoms with Gasteiger partial charge in [0.05, 0.1) is 12.7 Å². The molecule has 1 aliphatic heterocycles. The maximum atomic E-state index is 9.46. The van der Waals surface area contributed by atoms with Crippen LogP contribution in [0.5, 0.6) is 0 Å². The summed E-state index contributed by atoms with van der Waals surface area (Å²) in [5.41, 5.74) is 0. The molecule has 1 rings (SSSR count). The highest BCUT2D eigenvalue weighted by Gasteiger charge is 2.14. The zero-order chi connectivity index (χ0) is 11.1. The van der Waals surface area contributed by atoms with Crippen molar-refractivity contribution >= 4 is 0 Å². The molecule has 1 saturated heterocycles. The minimum atomic E-state index is -0.393. The first-order chi connectivity index (χ1) is 7.22. The Balaban J connectivity index is 2.04. The van der Waals surface area contributed by atoms with Gasteiger partial charge in [-0.15, -0.1) is 0 Å². The van der Waals surface area contributed by atoms with Crippen molar-refractivity contribution in [1.82, 2.24) is 10.2 Å². The number of hydrogen-bond acceptors (Lipinski definition) is 4. The Hall–Kier alpha value is -0.160. The normalized spacial score (nSPS) is 21.8. The summed E-state index contributed by atoms with van der Waals surface area (Å²) < 4.78 is 4.87. The van der Waals surface area contributed by atoms with Crippen LogP contribution in [0.2, 0.25) is 0 Å². The van der Waals surface area contributed by atoms with E-state index in [1.54, 1.807) is 7.11 Å². The first kappa shape index (κ1) is 12.9. The second kappa shape index (κ2) is 7.17. The fraction of sp³-hybridized carbons (Fsp3) is 1.00. The number of aliphatic hydroxyl groups is 1. The molecule has 0 amide bonds. The molecule has 0 aromatic heterocycles. The van der Waals surface area contributed by atoms with Crippen LogP contribution < -0.4 is 5.32 Å². The predicted molar refractivity (Wildman–Crippen MR) is 61.0 cm³/mol. The van der Waals surface area contributed by atoms with Crippen molar-refractivity contribution in [3.8, 4) is 0 Å². The smallest absolute Gasteiger partial charge is 0.0897 e. The zero-order valence-corrected chi connectivity index (χ0v) is 9.91. The summed E-state index contributed by atoms with van der Waals surface area (Å²) in [5, 5.41) is 12.8. The van der Waals surface area contributed by atoms with Gasteiger partial charge in [0.15, 0.2) is 0 Å². The lowest BCUT2D eigenvalue weighted by molar-refractivity contribution is 0.0622. The highest BCUT2D eigenvalue weighted by Crippen LogP contribution is 2.07. The Kier molecular flexibility index (Phi) is 6.17. The third-order valence-electron chi connectivity index (χ3n) is 2.79. The summed E-state index contributed by atoms with van der Waals surface area (Å²) >= 11 is 0. The molecule has 0 aromatic rings. The van der Waals surface area contributed by atoms with E-state index in [1.165, 1.54) is 25.9 Å². The molecule has 0 radical (unpaired) electrons. The van der Waals surface area contributed by atoms with Gasteiger partial charge in [-0.1, -0.05) is 0 Å². The van der Waals surface area contributed by atoms with Crippen LogP contribution in [-0.4, -0.2) is 62.0 Å². The van der Waals surface area contributed by atoms with E-state index >= 15 is 0 Å². The van der Waals surface area contributed by atoms with Gasteiger partial charge in [0.1, 0.15) is 0 Å². The largest absolute Gasteiger partial charge is 0.389 e. The SMILES string of the molecule is COCC(O)CNC(C)CN1CCCC1. The number of nitrogens with zero attached hydrogens (tertiary/aromatic N) is 1. The minimum Gasteiger partial charge on any atom is -0.389 e. The van der Waals surface area contributed by atoms with Crippen LogP contribution in [0.25, 0.3) is 0 Å². The van der Waals surface area contributed by atoms with Gasteiger partial charge in [-0.05, 0) is 32.9 Å². The van der Waals surface area contributed by atoms with Crippen LogP contribution in [-0.2, 0) is 4.74 Å². The second-order valence-corrected chi connectivity index (χ2v) is 4.43. The van der Waals surface area contributed by atoms with Crippen LogP contribution in [0.1, 0.15) is 19.8 Å². The highest BCUT2D eigenvalue weighted by molar-refractivity contribution is 4.73. The molecule has 4 nitrogen and oxygen atoms in total. The number of nitrogens with one attached hydrogen (secondary N) is 1. The lowest BCUT2D eigenvalue weighted by Crippen LogP contribution is -2.42. The van der Waals surface area contributed by atoms with Crippen molar-refractivity contribution in [3.63, 3.8) is 0 Å². The molecule has 4 heteroatoms. The summed E-state index contributed by atoms with van der Waals surface area (Å²) in [7, 11) is 1.61. The Labute approximate surface area is 92.6 Å². The molecule has 2 N–H and O–H groups in total. The van der Waals surface area contributed by atoms with Gasteiger partial charge in [-0.25, -0.2) is 0 Å². The maximum absolute atomic E-state index is 9.46. The van der Waals surface area contributed by atoms with E-state index in [4.69, 9.17) is 4.74 Å². The van der Waals surface area contributed by atoms with Crippen molar-refractivity contribution in [2.75, 3.05) is 39.9 Å². The lowest BCUT2D eigenvalue weighted by Gasteiger charge is -2.22. The Morgan fingerprint density at radius 2 is 2.07 bits per heavy atom. The fourth-order valence-electron chi connectivity index (χ4n) is 2.01. The average Bonchev–Trinajstić information content (AvgIpc) is 2.68. The Morgan fingerprint density at radius 3 is 2.67 bits per heavy atom. The Bertz CT molecular complexity index is 161. The molecule has 90 valence electrons. The van der Waals surface area contributed by atoms with E-state index in [9.17, 15) is 5.11 Å². The fourth-order valence-corrected chi connectivity index (χ4v) is 2.01. The van der Waals surface area contributed by atoms with Crippen LogP contribution >= 0.6 is 0 Å². The molecule has 0 saturated carbocycles. The Morgan fingerprint density at radius 1 is 1.40 bits per heavy atom. The summed E-state index contributed by atoms with van der Waals surface area (Å²) in [6.07, 6.45) is 2.27. The van der Waals surface area contributed by atoms with E-state index in [-0.39, 0.29) is 0 Å². The van der Waals surface area contributed by atoms with Crippen LogP contribution in [0.15, 0.2) is 0 Å². The molecule has 1 fully saturated rings. The quantitative estimate of drug-likeness (QED) is 0.632. The van der Waals surface area contributed by atoms with Crippen LogP contribution in [0.3, 0.4) is 0 Å². The zero-order valence-electron chi connectivity index (χ0n) is 9.91. The minimum absolute atomic E-state index is 0.393. The van der Waals surface area contributed by atoms with Crippen molar-refractivity contribution in [2.24, 2.45) is 0 Å². The van der Waals surface area contributed by atoms with E-state index in [2.05, 4.69) is 17.1 Å². The van der Waals surface area contributed by atoms with E-state index in [1.807, 2.05) is 0 Å². The van der Waals surface area contributed by atoms with E-state index < -0.39 is 6.10 Å². The van der Waals surface area contributed by atoms with Crippen LogP contribution in [0, 0.1) is 0 Å². The predicted octanol–water partition coefficient (Wildman–Crippen LogP) is 0.0676. The number of likely N-dealkylation sites (tertiary alicyclic amines) is 1. The number of aliphatic hydroxyl groups excluding tert-OH is 1. The second-order valence-electron chi connectivity index (χ2n) is 4.43. The lowest BCUT2D eigenvalue weighted by atomic mass is 10.3. The van der Waals surface area contributed by atoms with Crippen molar-refractivity contribution < 1.29 is 9.84 Å². The maximum Gasteiger partial charge on any atom is 0.0897 e.